The van der Waals surface area contributed by atoms with Gasteiger partial charge in [0.25, 0.3) is 0 Å². The van der Waals surface area contributed by atoms with Crippen LogP contribution < -0.4 is 0 Å². The molecule has 20 heavy (non-hydrogen) atoms. The molecule has 4 aliphatic carbocycles. The second kappa shape index (κ2) is 4.33. The number of hydrogen-bond acceptors (Lipinski definition) is 0. The molecule has 0 radical (unpaired) electrons. The van der Waals surface area contributed by atoms with Crippen LogP contribution in [-0.2, 0) is 0 Å². The van der Waals surface area contributed by atoms with Crippen LogP contribution in [0.1, 0.15) is 72.6 Å². The molecule has 0 nitrogen and oxygen atoms in total. The first-order valence-corrected chi connectivity index (χ1v) is 13.1. The molecule has 0 aromatic carbocycles. The molecular formula is C16H27Cl3Si. The molecule has 4 saturated carbocycles. The average Bonchev–Trinajstić information content (AvgIpc) is 2.05. The Balaban J connectivity index is 2.06. The van der Waals surface area contributed by atoms with E-state index in [0.717, 1.165) is 6.42 Å². The topological polar surface area (TPSA) is 0 Å². The van der Waals surface area contributed by atoms with E-state index in [0.29, 0.717) is 27.2 Å². The van der Waals surface area contributed by atoms with E-state index in [9.17, 15) is 0 Å². The Morgan fingerprint density at radius 3 is 1.40 bits per heavy atom. The van der Waals surface area contributed by atoms with Crippen molar-refractivity contribution in [2.45, 2.75) is 78.2 Å². The van der Waals surface area contributed by atoms with Crippen LogP contribution in [-0.4, -0.2) is 6.00 Å². The molecule has 0 heterocycles. The highest BCUT2D eigenvalue weighted by Crippen LogP contribution is 2.77. The van der Waals surface area contributed by atoms with Crippen molar-refractivity contribution in [1.82, 2.24) is 0 Å². The third kappa shape index (κ3) is 2.39. The highest BCUT2D eigenvalue weighted by molar-refractivity contribution is 7.65. The zero-order valence-corrected chi connectivity index (χ0v) is 16.4. The average molecular weight is 354 g/mol. The molecule has 1 unspecified atom stereocenters. The molecule has 116 valence electrons. The first kappa shape index (κ1) is 16.0. The first-order valence-electron chi connectivity index (χ1n) is 8.00. The van der Waals surface area contributed by atoms with Crippen LogP contribution in [0.15, 0.2) is 0 Å². The zero-order valence-electron chi connectivity index (χ0n) is 13.2. The molecule has 0 N–H and O–H groups in total. The van der Waals surface area contributed by atoms with E-state index in [1.807, 2.05) is 0 Å². The molecule has 4 rings (SSSR count). The molecule has 0 aromatic rings. The lowest BCUT2D eigenvalue weighted by Crippen LogP contribution is -2.61. The summed E-state index contributed by atoms with van der Waals surface area (Å²) in [6.45, 7) is 9.73. The van der Waals surface area contributed by atoms with Crippen molar-refractivity contribution in [2.75, 3.05) is 0 Å². The Morgan fingerprint density at radius 2 is 1.15 bits per heavy atom. The molecular weight excluding hydrogens is 327 g/mol. The fourth-order valence-corrected chi connectivity index (χ4v) is 12.7. The Hall–Kier alpha value is 1.09. The van der Waals surface area contributed by atoms with Crippen LogP contribution in [0.3, 0.4) is 0 Å². The maximum atomic E-state index is 6.54. The first-order chi connectivity index (χ1) is 8.94. The molecule has 0 saturated heterocycles. The Labute approximate surface area is 139 Å². The minimum atomic E-state index is -2.65. The number of halogens is 3. The van der Waals surface area contributed by atoms with Crippen molar-refractivity contribution in [3.63, 3.8) is 0 Å². The van der Waals surface area contributed by atoms with Gasteiger partial charge in [-0.3, -0.25) is 0 Å². The molecule has 1 atom stereocenters. The lowest BCUT2D eigenvalue weighted by Gasteiger charge is -2.71. The van der Waals surface area contributed by atoms with Gasteiger partial charge in [0.2, 0.25) is 0 Å². The quantitative estimate of drug-likeness (QED) is 0.386. The van der Waals surface area contributed by atoms with Crippen LogP contribution in [0.2, 0.25) is 5.54 Å². The summed E-state index contributed by atoms with van der Waals surface area (Å²) in [5, 5.41) is 0. The molecule has 4 bridgehead atoms. The lowest BCUT2D eigenvalue weighted by molar-refractivity contribution is -0.185. The molecule has 4 fully saturated rings. The van der Waals surface area contributed by atoms with Gasteiger partial charge in [0.15, 0.2) is 0 Å². The SMILES string of the molecule is CCC(C12CC3(C)CC(C)(CC(C)(C3)C1)C2)[Si](Cl)(Cl)Cl. The molecule has 4 aliphatic rings. The third-order valence-electron chi connectivity index (χ3n) is 6.44. The van der Waals surface area contributed by atoms with Crippen molar-refractivity contribution in [1.29, 1.82) is 0 Å². The molecule has 0 spiro atoms. The normalized spacial score (nSPS) is 52.4. The van der Waals surface area contributed by atoms with Gasteiger partial charge in [-0.05, 0) is 65.7 Å². The largest absolute Gasteiger partial charge is 0.344 e. The summed E-state index contributed by atoms with van der Waals surface area (Å²) in [7, 11) is 0. The minimum Gasteiger partial charge on any atom is -0.126 e. The predicted octanol–water partition coefficient (Wildman–Crippen LogP) is 6.81. The van der Waals surface area contributed by atoms with Crippen LogP contribution >= 0.6 is 33.2 Å². The molecule has 0 amide bonds. The van der Waals surface area contributed by atoms with Crippen molar-refractivity contribution >= 4 is 39.2 Å². The summed E-state index contributed by atoms with van der Waals surface area (Å²) in [5.74, 6) is 0. The van der Waals surface area contributed by atoms with Gasteiger partial charge < -0.3 is 0 Å². The fourth-order valence-electron chi connectivity index (χ4n) is 7.77. The van der Waals surface area contributed by atoms with E-state index < -0.39 is 6.00 Å². The van der Waals surface area contributed by atoms with Gasteiger partial charge in [0, 0.05) is 0 Å². The van der Waals surface area contributed by atoms with Gasteiger partial charge >= 0.3 is 6.00 Å². The molecule has 4 heteroatoms. The van der Waals surface area contributed by atoms with Gasteiger partial charge in [0.05, 0.1) is 0 Å². The summed E-state index contributed by atoms with van der Waals surface area (Å²) in [4.78, 5) is 0. The van der Waals surface area contributed by atoms with E-state index >= 15 is 0 Å². The Bertz CT molecular complexity index is 374. The van der Waals surface area contributed by atoms with Gasteiger partial charge in [-0.15, -0.1) is 33.2 Å². The van der Waals surface area contributed by atoms with Crippen LogP contribution in [0.25, 0.3) is 0 Å². The van der Waals surface area contributed by atoms with Gasteiger partial charge in [-0.1, -0.05) is 34.1 Å². The Kier molecular flexibility index (Phi) is 3.46. The number of hydrogen-bond donors (Lipinski definition) is 0. The van der Waals surface area contributed by atoms with E-state index in [1.165, 1.54) is 38.5 Å². The lowest BCUT2D eigenvalue weighted by atomic mass is 9.36. The van der Waals surface area contributed by atoms with Gasteiger partial charge in [-0.2, -0.15) is 0 Å². The zero-order chi connectivity index (χ0) is 15.0. The van der Waals surface area contributed by atoms with E-state index in [1.54, 1.807) is 0 Å². The summed E-state index contributed by atoms with van der Waals surface area (Å²) in [6.07, 6.45) is 9.07. The van der Waals surface area contributed by atoms with E-state index in [-0.39, 0.29) is 0 Å². The van der Waals surface area contributed by atoms with Gasteiger partial charge in [0.1, 0.15) is 0 Å². The molecule has 0 aromatic heterocycles. The predicted molar refractivity (Wildman–Crippen MR) is 91.8 cm³/mol. The third-order valence-corrected chi connectivity index (χ3v) is 10.6. The fraction of sp³-hybridized carbons (Fsp3) is 1.00. The van der Waals surface area contributed by atoms with Crippen molar-refractivity contribution in [3.8, 4) is 0 Å². The number of rotatable bonds is 3. The van der Waals surface area contributed by atoms with E-state index in [2.05, 4.69) is 27.7 Å². The second-order valence-electron chi connectivity index (χ2n) is 9.36. The highest BCUT2D eigenvalue weighted by atomic mass is 35.8. The van der Waals surface area contributed by atoms with Crippen LogP contribution in [0.4, 0.5) is 0 Å². The van der Waals surface area contributed by atoms with Crippen molar-refractivity contribution in [3.05, 3.63) is 0 Å². The molecule has 0 aliphatic heterocycles. The summed E-state index contributed by atoms with van der Waals surface area (Å²) in [5.41, 5.74) is 2.08. The minimum absolute atomic E-state index is 0.305. The van der Waals surface area contributed by atoms with Gasteiger partial charge in [-0.25, -0.2) is 0 Å². The van der Waals surface area contributed by atoms with Crippen molar-refractivity contribution < 1.29 is 0 Å². The Morgan fingerprint density at radius 1 is 0.800 bits per heavy atom. The smallest absolute Gasteiger partial charge is 0.126 e. The second-order valence-corrected chi connectivity index (χ2v) is 18.2. The monoisotopic (exact) mass is 352 g/mol. The van der Waals surface area contributed by atoms with Crippen LogP contribution in [0, 0.1) is 21.7 Å². The van der Waals surface area contributed by atoms with E-state index in [4.69, 9.17) is 33.2 Å². The summed E-state index contributed by atoms with van der Waals surface area (Å²) in [6, 6.07) is -2.65. The maximum Gasteiger partial charge on any atom is 0.344 e. The van der Waals surface area contributed by atoms with Crippen LogP contribution in [0.5, 0.6) is 0 Å². The highest BCUT2D eigenvalue weighted by Gasteiger charge is 2.67. The summed E-state index contributed by atoms with van der Waals surface area (Å²) >= 11 is 19.6. The maximum absolute atomic E-state index is 6.54. The summed E-state index contributed by atoms with van der Waals surface area (Å²) < 4.78 is 0. The standard InChI is InChI=1S/C16H27Cl3Si/c1-5-12(20(17,18)19)16-9-13(2)6-14(3,10-16)8-15(4,7-13)11-16/h12H,5-11H2,1-4H3. The van der Waals surface area contributed by atoms with Crippen molar-refractivity contribution in [2.24, 2.45) is 21.7 Å².